The molecule has 0 saturated heterocycles. The Balaban J connectivity index is 1.60. The van der Waals surface area contributed by atoms with Crippen LogP contribution in [0.15, 0.2) is 68.9 Å². The first-order chi connectivity index (χ1) is 18.7. The highest BCUT2D eigenvalue weighted by Gasteiger charge is 2.33. The molecule has 10 heteroatoms. The zero-order chi connectivity index (χ0) is 27.8. The fraction of sp³-hybridized carbons (Fsp3) is 0.241. The summed E-state index contributed by atoms with van der Waals surface area (Å²) in [5.74, 6) is -0.853. The first-order valence-electron chi connectivity index (χ1n) is 12.4. The third-order valence-electron chi connectivity index (χ3n) is 6.63. The molecule has 3 aromatic heterocycles. The number of benzene rings is 1. The van der Waals surface area contributed by atoms with E-state index in [0.29, 0.717) is 32.8 Å². The summed E-state index contributed by atoms with van der Waals surface area (Å²) < 4.78 is 14.3. The minimum absolute atomic E-state index is 0.213. The lowest BCUT2D eigenvalue weighted by Gasteiger charge is -2.22. The number of methoxy groups -OCH3 is 1. The van der Waals surface area contributed by atoms with Gasteiger partial charge in [-0.2, -0.15) is 0 Å². The van der Waals surface area contributed by atoms with Crippen LogP contribution < -0.4 is 14.9 Å². The van der Waals surface area contributed by atoms with Crippen molar-refractivity contribution in [3.05, 3.63) is 106 Å². The highest BCUT2D eigenvalue weighted by Crippen LogP contribution is 2.33. The third kappa shape index (κ3) is 4.70. The van der Waals surface area contributed by atoms with E-state index in [0.717, 1.165) is 27.5 Å². The number of aromatic nitrogens is 2. The van der Waals surface area contributed by atoms with Gasteiger partial charge in [-0.3, -0.25) is 9.36 Å². The van der Waals surface area contributed by atoms with Crippen LogP contribution in [0, 0.1) is 13.8 Å². The van der Waals surface area contributed by atoms with Crippen LogP contribution >= 0.6 is 22.7 Å². The van der Waals surface area contributed by atoms with E-state index in [2.05, 4.69) is 9.56 Å². The minimum Gasteiger partial charge on any atom is -0.466 e. The van der Waals surface area contributed by atoms with E-state index in [1.165, 1.54) is 29.8 Å². The number of carbonyl (C=O) groups excluding carboxylic acids is 2. The normalized spacial score (nSPS) is 15.2. The molecular weight excluding hydrogens is 534 g/mol. The minimum atomic E-state index is -0.596. The molecule has 0 spiro atoms. The Labute approximate surface area is 232 Å². The van der Waals surface area contributed by atoms with E-state index < -0.39 is 12.0 Å². The van der Waals surface area contributed by atoms with Crippen molar-refractivity contribution in [3.63, 3.8) is 0 Å². The molecule has 1 unspecified atom stereocenters. The Hall–Kier alpha value is -4.02. The van der Waals surface area contributed by atoms with E-state index >= 15 is 0 Å². The molecule has 0 amide bonds. The van der Waals surface area contributed by atoms with Crippen molar-refractivity contribution in [2.45, 2.75) is 33.7 Å². The first-order valence-corrected chi connectivity index (χ1v) is 14.1. The van der Waals surface area contributed by atoms with Gasteiger partial charge >= 0.3 is 11.9 Å². The lowest BCUT2D eigenvalue weighted by atomic mass is 10.0. The highest BCUT2D eigenvalue weighted by atomic mass is 32.1. The molecule has 1 aliphatic rings. The maximum absolute atomic E-state index is 13.8. The van der Waals surface area contributed by atoms with Crippen LogP contribution in [0.5, 0.6) is 0 Å². The van der Waals surface area contributed by atoms with E-state index in [1.807, 2.05) is 55.6 Å². The Morgan fingerprint density at radius 3 is 2.49 bits per heavy atom. The number of esters is 2. The standard InChI is InChI=1S/C29H27N3O5S2/c1-6-37-27(34)19-9-11-21(12-10-19)31-16(2)14-20(18(31)4)15-23-26(33)32-25(22-8-7-13-38-22)24(28(35)36-5)17(3)30-29(32)39-23/h7-15,25H,6H2,1-5H3. The summed E-state index contributed by atoms with van der Waals surface area (Å²) in [4.78, 5) is 44.6. The Kier molecular flexibility index (Phi) is 7.24. The predicted octanol–water partition coefficient (Wildman–Crippen LogP) is 4.05. The van der Waals surface area contributed by atoms with Crippen molar-refractivity contribution < 1.29 is 19.1 Å². The molecule has 1 aromatic carbocycles. The number of thiophene rings is 1. The number of fused-ring (bicyclic) bond motifs is 1. The number of hydrogen-bond donors (Lipinski definition) is 0. The fourth-order valence-electron chi connectivity index (χ4n) is 4.84. The van der Waals surface area contributed by atoms with E-state index in [4.69, 9.17) is 9.47 Å². The number of aryl methyl sites for hydroxylation is 1. The van der Waals surface area contributed by atoms with Crippen molar-refractivity contribution in [1.29, 1.82) is 0 Å². The fourth-order valence-corrected chi connectivity index (χ4v) is 6.70. The maximum atomic E-state index is 13.8. The van der Waals surface area contributed by atoms with Gasteiger partial charge in [0.15, 0.2) is 4.80 Å². The van der Waals surface area contributed by atoms with Gasteiger partial charge in [-0.05, 0) is 81.1 Å². The van der Waals surface area contributed by atoms with Crippen molar-refractivity contribution in [2.75, 3.05) is 13.7 Å². The predicted molar refractivity (Wildman–Crippen MR) is 151 cm³/mol. The molecule has 1 aliphatic heterocycles. The summed E-state index contributed by atoms with van der Waals surface area (Å²) in [5.41, 5.74) is 4.90. The molecule has 4 aromatic rings. The maximum Gasteiger partial charge on any atom is 0.338 e. The smallest absolute Gasteiger partial charge is 0.338 e. The second-order valence-corrected chi connectivity index (χ2v) is 11.0. The molecule has 4 heterocycles. The van der Waals surface area contributed by atoms with Crippen LogP contribution in [0.4, 0.5) is 0 Å². The van der Waals surface area contributed by atoms with Crippen molar-refractivity contribution in [2.24, 2.45) is 4.99 Å². The van der Waals surface area contributed by atoms with Crippen LogP contribution in [-0.2, 0) is 14.3 Å². The van der Waals surface area contributed by atoms with Crippen LogP contribution in [0.1, 0.15) is 52.1 Å². The van der Waals surface area contributed by atoms with E-state index in [1.54, 1.807) is 30.5 Å². The van der Waals surface area contributed by atoms with Crippen molar-refractivity contribution in [1.82, 2.24) is 9.13 Å². The van der Waals surface area contributed by atoms with E-state index in [9.17, 15) is 14.4 Å². The monoisotopic (exact) mass is 561 g/mol. The largest absolute Gasteiger partial charge is 0.466 e. The summed E-state index contributed by atoms with van der Waals surface area (Å²) in [6, 6.07) is 12.5. The molecule has 39 heavy (non-hydrogen) atoms. The first kappa shape index (κ1) is 26.6. The SMILES string of the molecule is CCOC(=O)c1ccc(-n2c(C)cc(C=c3sc4n(c3=O)C(c3cccs3)C(C(=O)OC)=C(C)N=4)c2C)cc1. The van der Waals surface area contributed by atoms with Gasteiger partial charge in [0.05, 0.1) is 35.1 Å². The molecule has 5 rings (SSSR count). The second kappa shape index (κ2) is 10.6. The third-order valence-corrected chi connectivity index (χ3v) is 8.54. The topological polar surface area (TPSA) is 91.9 Å². The van der Waals surface area contributed by atoms with E-state index in [-0.39, 0.29) is 11.5 Å². The molecule has 1 atom stereocenters. The Morgan fingerprint density at radius 1 is 1.10 bits per heavy atom. The van der Waals surface area contributed by atoms with Gasteiger partial charge in [0, 0.05) is 22.0 Å². The van der Waals surface area contributed by atoms with Crippen molar-refractivity contribution >= 4 is 40.7 Å². The van der Waals surface area contributed by atoms with Gasteiger partial charge in [0.1, 0.15) is 6.04 Å². The molecule has 200 valence electrons. The molecular formula is C29H27N3O5S2. The second-order valence-electron chi connectivity index (χ2n) is 9.02. The van der Waals surface area contributed by atoms with Gasteiger partial charge in [-0.1, -0.05) is 17.4 Å². The summed E-state index contributed by atoms with van der Waals surface area (Å²) in [5, 5.41) is 1.92. The molecule has 0 radical (unpaired) electrons. The molecule has 0 bridgehead atoms. The summed E-state index contributed by atoms with van der Waals surface area (Å²) in [6.45, 7) is 7.85. The zero-order valence-electron chi connectivity index (χ0n) is 22.2. The van der Waals surface area contributed by atoms with Gasteiger partial charge in [0.25, 0.3) is 5.56 Å². The average Bonchev–Trinajstić information content (AvgIpc) is 3.62. The average molecular weight is 562 g/mol. The quantitative estimate of drug-likeness (QED) is 0.331. The molecule has 0 N–H and O–H groups in total. The molecule has 0 saturated carbocycles. The number of carbonyl (C=O) groups is 2. The number of nitrogens with zero attached hydrogens (tertiary/aromatic N) is 3. The number of rotatable bonds is 6. The van der Waals surface area contributed by atoms with Gasteiger partial charge in [0.2, 0.25) is 0 Å². The Morgan fingerprint density at radius 2 is 1.85 bits per heavy atom. The molecule has 0 aliphatic carbocycles. The molecule has 8 nitrogen and oxygen atoms in total. The molecule has 0 fully saturated rings. The van der Waals surface area contributed by atoms with Crippen LogP contribution in [0.2, 0.25) is 0 Å². The van der Waals surface area contributed by atoms with Crippen LogP contribution in [0.25, 0.3) is 11.8 Å². The Bertz CT molecular complexity index is 1790. The lowest BCUT2D eigenvalue weighted by molar-refractivity contribution is -0.136. The van der Waals surface area contributed by atoms with Gasteiger partial charge in [-0.15, -0.1) is 11.3 Å². The van der Waals surface area contributed by atoms with Gasteiger partial charge < -0.3 is 14.0 Å². The van der Waals surface area contributed by atoms with Crippen LogP contribution in [0.3, 0.4) is 0 Å². The number of hydrogen-bond acceptors (Lipinski definition) is 8. The number of ether oxygens (including phenoxy) is 2. The van der Waals surface area contributed by atoms with Crippen LogP contribution in [-0.4, -0.2) is 34.8 Å². The lowest BCUT2D eigenvalue weighted by Crippen LogP contribution is -2.39. The summed E-state index contributed by atoms with van der Waals surface area (Å²) >= 11 is 2.78. The number of thiazole rings is 1. The summed E-state index contributed by atoms with van der Waals surface area (Å²) in [7, 11) is 1.33. The number of allylic oxidation sites excluding steroid dienone is 1. The zero-order valence-corrected chi connectivity index (χ0v) is 23.8. The highest BCUT2D eigenvalue weighted by molar-refractivity contribution is 7.10. The van der Waals surface area contributed by atoms with Crippen molar-refractivity contribution in [3.8, 4) is 5.69 Å². The van der Waals surface area contributed by atoms with Gasteiger partial charge in [-0.25, -0.2) is 14.6 Å². The summed E-state index contributed by atoms with van der Waals surface area (Å²) in [6.07, 6.45) is 1.87.